The predicted octanol–water partition coefficient (Wildman–Crippen LogP) is 3.57. The quantitative estimate of drug-likeness (QED) is 0.783. The molecule has 1 saturated heterocycles. The van der Waals surface area contributed by atoms with Gasteiger partial charge in [-0.15, -0.1) is 0 Å². The van der Waals surface area contributed by atoms with Crippen LogP contribution in [0.25, 0.3) is 0 Å². The molecule has 2 aromatic rings. The van der Waals surface area contributed by atoms with Gasteiger partial charge in [0.25, 0.3) is 11.8 Å². The summed E-state index contributed by atoms with van der Waals surface area (Å²) >= 11 is 5.91. The van der Waals surface area contributed by atoms with Crippen LogP contribution in [0.2, 0.25) is 5.02 Å². The number of hydrogen-bond donors (Lipinski definition) is 1. The fourth-order valence-corrected chi connectivity index (χ4v) is 3.81. The van der Waals surface area contributed by atoms with E-state index in [2.05, 4.69) is 10.2 Å². The number of imide groups is 1. The van der Waals surface area contributed by atoms with Crippen LogP contribution in [-0.4, -0.2) is 42.3 Å². The maximum Gasteiger partial charge on any atom is 0.261 e. The number of benzene rings is 2. The molecule has 6 nitrogen and oxygen atoms in total. The lowest BCUT2D eigenvalue weighted by Gasteiger charge is -2.18. The van der Waals surface area contributed by atoms with E-state index < -0.39 is 5.91 Å². The number of carbonyl (C=O) groups is 3. The molecule has 7 heteroatoms. The Balaban J connectivity index is 1.33. The van der Waals surface area contributed by atoms with Crippen LogP contribution in [0.3, 0.4) is 0 Å². The van der Waals surface area contributed by atoms with Gasteiger partial charge in [0, 0.05) is 42.5 Å². The second-order valence-electron chi connectivity index (χ2n) is 6.99. The van der Waals surface area contributed by atoms with Crippen molar-refractivity contribution in [1.82, 2.24) is 4.90 Å². The number of rotatable bonds is 5. The summed E-state index contributed by atoms with van der Waals surface area (Å²) < 4.78 is 0. The molecule has 2 aromatic carbocycles. The number of carbonyl (C=O) groups excluding carboxylic acids is 3. The van der Waals surface area contributed by atoms with E-state index in [9.17, 15) is 14.4 Å². The van der Waals surface area contributed by atoms with Crippen LogP contribution in [-0.2, 0) is 4.79 Å². The Morgan fingerprint density at radius 2 is 1.64 bits per heavy atom. The van der Waals surface area contributed by atoms with Gasteiger partial charge in [0.2, 0.25) is 5.91 Å². The molecule has 2 aliphatic heterocycles. The third kappa shape index (κ3) is 3.60. The predicted molar refractivity (Wildman–Crippen MR) is 108 cm³/mol. The lowest BCUT2D eigenvalue weighted by Crippen LogP contribution is -2.32. The standard InChI is InChI=1S/C21H20ClN3O3/c22-14-3-8-17-18(13-14)21(28)25(20(17)27)12-9-19(26)23-15-4-6-16(7-5-15)24-10-1-2-11-24/h3-8,13H,1-2,9-12H2,(H,23,26). The second-order valence-corrected chi connectivity index (χ2v) is 7.43. The van der Waals surface area contributed by atoms with E-state index in [-0.39, 0.29) is 30.3 Å². The van der Waals surface area contributed by atoms with Crippen LogP contribution in [0, 0.1) is 0 Å². The molecule has 0 spiro atoms. The van der Waals surface area contributed by atoms with Crippen molar-refractivity contribution in [3.8, 4) is 0 Å². The van der Waals surface area contributed by atoms with Crippen LogP contribution >= 0.6 is 11.6 Å². The van der Waals surface area contributed by atoms with Gasteiger partial charge in [0.15, 0.2) is 0 Å². The summed E-state index contributed by atoms with van der Waals surface area (Å²) in [6, 6.07) is 12.3. The molecule has 0 radical (unpaired) electrons. The topological polar surface area (TPSA) is 69.7 Å². The number of anilines is 2. The lowest BCUT2D eigenvalue weighted by atomic mass is 10.1. The molecule has 3 amide bonds. The molecule has 0 bridgehead atoms. The number of nitrogens with one attached hydrogen (secondary N) is 1. The van der Waals surface area contributed by atoms with Crippen molar-refractivity contribution in [2.75, 3.05) is 29.9 Å². The Labute approximate surface area is 168 Å². The zero-order valence-electron chi connectivity index (χ0n) is 15.3. The Bertz CT molecular complexity index is 936. The van der Waals surface area contributed by atoms with Gasteiger partial charge in [0.05, 0.1) is 11.1 Å². The molecule has 4 rings (SSSR count). The van der Waals surface area contributed by atoms with Crippen LogP contribution in [0.15, 0.2) is 42.5 Å². The van der Waals surface area contributed by atoms with E-state index in [0.717, 1.165) is 23.7 Å². The van der Waals surface area contributed by atoms with Crippen LogP contribution in [0.5, 0.6) is 0 Å². The van der Waals surface area contributed by atoms with Crippen molar-refractivity contribution < 1.29 is 14.4 Å². The minimum Gasteiger partial charge on any atom is -0.372 e. The van der Waals surface area contributed by atoms with Gasteiger partial charge >= 0.3 is 0 Å². The maximum absolute atomic E-state index is 12.4. The Kier molecular flexibility index (Phi) is 5.05. The summed E-state index contributed by atoms with van der Waals surface area (Å²) in [5.41, 5.74) is 2.46. The van der Waals surface area contributed by atoms with Crippen molar-refractivity contribution in [1.29, 1.82) is 0 Å². The average molecular weight is 398 g/mol. The molecule has 28 heavy (non-hydrogen) atoms. The molecule has 0 aliphatic carbocycles. The smallest absolute Gasteiger partial charge is 0.261 e. The van der Waals surface area contributed by atoms with Crippen LogP contribution in [0.4, 0.5) is 11.4 Å². The maximum atomic E-state index is 12.4. The third-order valence-electron chi connectivity index (χ3n) is 5.12. The number of hydrogen-bond acceptors (Lipinski definition) is 4. The van der Waals surface area contributed by atoms with E-state index >= 15 is 0 Å². The molecule has 0 unspecified atom stereocenters. The van der Waals surface area contributed by atoms with Crippen molar-refractivity contribution in [3.05, 3.63) is 58.6 Å². The highest BCUT2D eigenvalue weighted by Gasteiger charge is 2.35. The zero-order valence-corrected chi connectivity index (χ0v) is 16.0. The monoisotopic (exact) mass is 397 g/mol. The number of nitrogens with zero attached hydrogens (tertiary/aromatic N) is 2. The first-order chi connectivity index (χ1) is 13.5. The molecule has 1 N–H and O–H groups in total. The fraction of sp³-hybridized carbons (Fsp3) is 0.286. The van der Waals surface area contributed by atoms with Crippen LogP contribution in [0.1, 0.15) is 40.0 Å². The lowest BCUT2D eigenvalue weighted by molar-refractivity contribution is -0.116. The summed E-state index contributed by atoms with van der Waals surface area (Å²) in [5, 5.41) is 3.22. The molecular weight excluding hydrogens is 378 g/mol. The van der Waals surface area contributed by atoms with Gasteiger partial charge in [-0.25, -0.2) is 0 Å². The Hall–Kier alpha value is -2.86. The van der Waals surface area contributed by atoms with E-state index in [0.29, 0.717) is 16.3 Å². The molecule has 144 valence electrons. The molecule has 2 aliphatic rings. The Morgan fingerprint density at radius 1 is 0.964 bits per heavy atom. The van der Waals surface area contributed by atoms with E-state index in [4.69, 9.17) is 11.6 Å². The van der Waals surface area contributed by atoms with E-state index in [1.54, 1.807) is 12.1 Å². The molecule has 1 fully saturated rings. The SMILES string of the molecule is O=C(CCN1C(=O)c2ccc(Cl)cc2C1=O)Nc1ccc(N2CCCC2)cc1. The number of amides is 3. The van der Waals surface area contributed by atoms with Crippen molar-refractivity contribution in [2.24, 2.45) is 0 Å². The summed E-state index contributed by atoms with van der Waals surface area (Å²) in [6.07, 6.45) is 2.46. The van der Waals surface area contributed by atoms with Gasteiger partial charge < -0.3 is 10.2 Å². The molecule has 0 atom stereocenters. The summed E-state index contributed by atoms with van der Waals surface area (Å²) in [7, 11) is 0. The first-order valence-corrected chi connectivity index (χ1v) is 9.71. The highest BCUT2D eigenvalue weighted by atomic mass is 35.5. The molecular formula is C21H20ClN3O3. The van der Waals surface area contributed by atoms with Crippen molar-refractivity contribution in [3.63, 3.8) is 0 Å². The second kappa shape index (κ2) is 7.64. The number of fused-ring (bicyclic) bond motifs is 1. The summed E-state index contributed by atoms with van der Waals surface area (Å²) in [4.78, 5) is 40.5. The highest BCUT2D eigenvalue weighted by Crippen LogP contribution is 2.26. The van der Waals surface area contributed by atoms with E-state index in [1.165, 1.54) is 18.9 Å². The average Bonchev–Trinajstić information content (AvgIpc) is 3.29. The van der Waals surface area contributed by atoms with Gasteiger partial charge in [-0.05, 0) is 55.3 Å². The third-order valence-corrected chi connectivity index (χ3v) is 5.35. The largest absolute Gasteiger partial charge is 0.372 e. The fourth-order valence-electron chi connectivity index (χ4n) is 3.63. The normalized spacial score (nSPS) is 15.9. The minimum atomic E-state index is -0.412. The molecule has 2 heterocycles. The van der Waals surface area contributed by atoms with Crippen molar-refractivity contribution >= 4 is 40.7 Å². The first-order valence-electron chi connectivity index (χ1n) is 9.33. The zero-order chi connectivity index (χ0) is 19.7. The molecule has 0 aromatic heterocycles. The van der Waals surface area contributed by atoms with Gasteiger partial charge in [-0.2, -0.15) is 0 Å². The molecule has 0 saturated carbocycles. The summed E-state index contributed by atoms with van der Waals surface area (Å²) in [6.45, 7) is 2.16. The van der Waals surface area contributed by atoms with Crippen LogP contribution < -0.4 is 10.2 Å². The Morgan fingerprint density at radius 3 is 2.36 bits per heavy atom. The van der Waals surface area contributed by atoms with Gasteiger partial charge in [0.1, 0.15) is 0 Å². The van der Waals surface area contributed by atoms with E-state index in [1.807, 2.05) is 24.3 Å². The van der Waals surface area contributed by atoms with Gasteiger partial charge in [-0.3, -0.25) is 19.3 Å². The number of halogens is 1. The highest BCUT2D eigenvalue weighted by molar-refractivity contribution is 6.32. The first kappa shape index (κ1) is 18.5. The van der Waals surface area contributed by atoms with Gasteiger partial charge in [-0.1, -0.05) is 11.6 Å². The summed E-state index contributed by atoms with van der Waals surface area (Å²) in [5.74, 6) is -1.05. The van der Waals surface area contributed by atoms with Crippen molar-refractivity contribution in [2.45, 2.75) is 19.3 Å². The minimum absolute atomic E-state index is 0.0294.